The van der Waals surface area contributed by atoms with Crippen LogP contribution in [0, 0.1) is 0 Å². The van der Waals surface area contributed by atoms with Gasteiger partial charge in [0.25, 0.3) is 0 Å². The summed E-state index contributed by atoms with van der Waals surface area (Å²) in [6.45, 7) is 9.33. The number of allylic oxidation sites excluding steroid dienone is 2. The lowest BCUT2D eigenvalue weighted by molar-refractivity contribution is 0.0982. The number of benzene rings is 2. The second kappa shape index (κ2) is 10.4. The molecule has 0 spiro atoms. The van der Waals surface area contributed by atoms with Crippen LogP contribution in [0.5, 0.6) is 0 Å². The molecule has 0 aromatic heterocycles. The van der Waals surface area contributed by atoms with Gasteiger partial charge in [-0.25, -0.2) is 0 Å². The number of carbonyl (C=O) groups is 1. The second-order valence-corrected chi connectivity index (χ2v) is 12.7. The van der Waals surface area contributed by atoms with Crippen molar-refractivity contribution in [1.82, 2.24) is 0 Å². The van der Waals surface area contributed by atoms with Gasteiger partial charge in [-0.05, 0) is 18.4 Å². The predicted octanol–water partition coefficient (Wildman–Crippen LogP) is 6.77. The lowest BCUT2D eigenvalue weighted by Gasteiger charge is -2.35. The van der Waals surface area contributed by atoms with E-state index >= 15 is 0 Å². The average Bonchev–Trinajstić information content (AvgIpc) is 2.70. The minimum Gasteiger partial charge on any atom is -0.294 e. The molecule has 0 radical (unpaired) electrons. The quantitative estimate of drug-likeness (QED) is 0.253. The van der Waals surface area contributed by atoms with Crippen LogP contribution in [0.15, 0.2) is 72.3 Å². The van der Waals surface area contributed by atoms with Crippen LogP contribution < -0.4 is 5.19 Å². The van der Waals surface area contributed by atoms with Crippen molar-refractivity contribution < 1.29 is 4.79 Å². The van der Waals surface area contributed by atoms with E-state index in [1.165, 1.54) is 10.8 Å². The highest BCUT2D eigenvalue weighted by Gasteiger charge is 2.37. The Balaban J connectivity index is 2.42. The minimum absolute atomic E-state index is 0.274. The van der Waals surface area contributed by atoms with E-state index in [1.54, 1.807) is 0 Å². The maximum atomic E-state index is 13.1. The van der Waals surface area contributed by atoms with E-state index in [4.69, 9.17) is 0 Å². The van der Waals surface area contributed by atoms with Crippen LogP contribution in [-0.2, 0) is 0 Å². The molecular formula is C25H34OSi. The van der Waals surface area contributed by atoms with E-state index in [0.717, 1.165) is 31.2 Å². The molecule has 1 nitrogen and oxygen atoms in total. The second-order valence-electron chi connectivity index (χ2n) is 7.95. The Kier molecular flexibility index (Phi) is 8.24. The van der Waals surface area contributed by atoms with Crippen LogP contribution >= 0.6 is 0 Å². The van der Waals surface area contributed by atoms with E-state index in [1.807, 2.05) is 30.3 Å². The fourth-order valence-electron chi connectivity index (χ4n) is 3.88. The molecule has 27 heavy (non-hydrogen) atoms. The average molecular weight is 379 g/mol. The van der Waals surface area contributed by atoms with E-state index in [9.17, 15) is 4.79 Å². The molecule has 2 aromatic rings. The summed E-state index contributed by atoms with van der Waals surface area (Å²) in [5, 5.41) is 1.44. The standard InChI is InChI=1S/C25H34OSi/c1-5-7-15-22(14-6-2)25(20-24(26)21-16-10-8-11-17-21)27(3,4)23-18-12-9-13-19-23/h8-13,15-19,25H,5-7,14,20H2,1-4H3/b22-15+/t25-/m1/s1. The number of unbranched alkanes of at least 4 members (excludes halogenated alkanes) is 1. The predicted molar refractivity (Wildman–Crippen MR) is 121 cm³/mol. The molecule has 0 aliphatic heterocycles. The zero-order valence-corrected chi connectivity index (χ0v) is 18.4. The van der Waals surface area contributed by atoms with Crippen LogP contribution in [0.3, 0.4) is 0 Å². The Bertz CT molecular complexity index is 731. The van der Waals surface area contributed by atoms with Gasteiger partial charge in [0.2, 0.25) is 0 Å². The zero-order valence-electron chi connectivity index (χ0n) is 17.4. The smallest absolute Gasteiger partial charge is 0.163 e. The SMILES string of the molecule is CCC/C=C(\CCC)[C@@H](CC(=O)c1ccccc1)[Si](C)(C)c1ccccc1. The number of carbonyl (C=O) groups excluding carboxylic acids is 1. The summed E-state index contributed by atoms with van der Waals surface area (Å²) in [4.78, 5) is 13.1. The Hall–Kier alpha value is -1.93. The largest absolute Gasteiger partial charge is 0.294 e. The van der Waals surface area contributed by atoms with Crippen molar-refractivity contribution in [2.45, 2.75) is 64.6 Å². The Labute approximate surface area is 166 Å². The molecule has 2 heteroatoms. The first-order valence-electron chi connectivity index (χ1n) is 10.3. The van der Waals surface area contributed by atoms with Crippen molar-refractivity contribution >= 4 is 19.0 Å². The van der Waals surface area contributed by atoms with Gasteiger partial charge in [-0.1, -0.05) is 117 Å². The van der Waals surface area contributed by atoms with Gasteiger partial charge in [-0.2, -0.15) is 0 Å². The third kappa shape index (κ3) is 5.77. The van der Waals surface area contributed by atoms with Gasteiger partial charge in [-0.15, -0.1) is 0 Å². The van der Waals surface area contributed by atoms with Gasteiger partial charge >= 0.3 is 0 Å². The highest BCUT2D eigenvalue weighted by molar-refractivity contribution is 6.91. The molecule has 1 atom stereocenters. The molecule has 0 bridgehead atoms. The first kappa shape index (κ1) is 21.4. The third-order valence-corrected chi connectivity index (χ3v) is 9.69. The molecule has 0 aliphatic carbocycles. The molecule has 0 fully saturated rings. The van der Waals surface area contributed by atoms with Crippen molar-refractivity contribution in [1.29, 1.82) is 0 Å². The molecule has 0 aliphatic rings. The number of hydrogen-bond donors (Lipinski definition) is 0. The van der Waals surface area contributed by atoms with Gasteiger partial charge in [0.15, 0.2) is 5.78 Å². The summed E-state index contributed by atoms with van der Waals surface area (Å²) in [6.07, 6.45) is 7.53. The van der Waals surface area contributed by atoms with Gasteiger partial charge in [-0.3, -0.25) is 4.79 Å². The maximum Gasteiger partial charge on any atom is 0.163 e. The maximum absolute atomic E-state index is 13.1. The monoisotopic (exact) mass is 378 g/mol. The topological polar surface area (TPSA) is 17.1 Å². The van der Waals surface area contributed by atoms with Crippen molar-refractivity contribution in [2.24, 2.45) is 0 Å². The van der Waals surface area contributed by atoms with Gasteiger partial charge in [0.1, 0.15) is 0 Å². The third-order valence-electron chi connectivity index (χ3n) is 5.56. The first-order chi connectivity index (χ1) is 13.0. The molecule has 0 unspecified atom stereocenters. The van der Waals surface area contributed by atoms with E-state index in [-0.39, 0.29) is 5.78 Å². The molecule has 2 rings (SSSR count). The fraction of sp³-hybridized carbons (Fsp3) is 0.400. The summed E-state index contributed by atoms with van der Waals surface area (Å²) in [7, 11) is -1.84. The van der Waals surface area contributed by atoms with E-state index < -0.39 is 8.07 Å². The molecule has 0 N–H and O–H groups in total. The van der Waals surface area contributed by atoms with Crippen LogP contribution in [0.25, 0.3) is 0 Å². The summed E-state index contributed by atoms with van der Waals surface area (Å²) in [5.74, 6) is 0.274. The fourth-order valence-corrected chi connectivity index (χ4v) is 7.22. The van der Waals surface area contributed by atoms with Crippen molar-refractivity contribution in [3.63, 3.8) is 0 Å². The van der Waals surface area contributed by atoms with Crippen LogP contribution in [0.1, 0.15) is 56.3 Å². The Morgan fingerprint density at radius 1 is 0.926 bits per heavy atom. The van der Waals surface area contributed by atoms with Gasteiger partial charge in [0, 0.05) is 12.0 Å². The lowest BCUT2D eigenvalue weighted by atomic mass is 9.98. The summed E-state index contributed by atoms with van der Waals surface area (Å²) >= 11 is 0. The van der Waals surface area contributed by atoms with E-state index in [0.29, 0.717) is 12.0 Å². The highest BCUT2D eigenvalue weighted by Crippen LogP contribution is 2.37. The number of rotatable bonds is 10. The van der Waals surface area contributed by atoms with Crippen molar-refractivity contribution in [3.8, 4) is 0 Å². The lowest BCUT2D eigenvalue weighted by Crippen LogP contribution is -2.47. The summed E-state index contributed by atoms with van der Waals surface area (Å²) in [6, 6.07) is 20.7. The summed E-state index contributed by atoms with van der Waals surface area (Å²) in [5.41, 5.74) is 2.69. The molecule has 144 valence electrons. The van der Waals surface area contributed by atoms with Gasteiger partial charge in [0.05, 0.1) is 8.07 Å². The summed E-state index contributed by atoms with van der Waals surface area (Å²) < 4.78 is 0. The Morgan fingerprint density at radius 2 is 1.52 bits per heavy atom. The molecular weight excluding hydrogens is 344 g/mol. The Morgan fingerprint density at radius 3 is 2.07 bits per heavy atom. The minimum atomic E-state index is -1.84. The molecule has 0 amide bonds. The normalized spacial score (nSPS) is 13.4. The highest BCUT2D eigenvalue weighted by atomic mass is 28.3. The molecule has 0 saturated carbocycles. The van der Waals surface area contributed by atoms with Gasteiger partial charge < -0.3 is 0 Å². The van der Waals surface area contributed by atoms with Crippen LogP contribution in [0.4, 0.5) is 0 Å². The number of Topliss-reactive ketones (excluding diaryl/α,β-unsaturated/α-hetero) is 1. The number of ketones is 1. The van der Waals surface area contributed by atoms with E-state index in [2.05, 4.69) is 63.3 Å². The van der Waals surface area contributed by atoms with Crippen LogP contribution in [-0.4, -0.2) is 13.9 Å². The van der Waals surface area contributed by atoms with Crippen molar-refractivity contribution in [3.05, 3.63) is 77.9 Å². The van der Waals surface area contributed by atoms with Crippen molar-refractivity contribution in [2.75, 3.05) is 0 Å². The zero-order chi connectivity index (χ0) is 19.7. The molecule has 2 aromatic carbocycles. The first-order valence-corrected chi connectivity index (χ1v) is 13.4. The van der Waals surface area contributed by atoms with Crippen LogP contribution in [0.2, 0.25) is 18.6 Å². The molecule has 0 heterocycles. The number of hydrogen-bond acceptors (Lipinski definition) is 1. The molecule has 0 saturated heterocycles.